The van der Waals surface area contributed by atoms with E-state index in [-0.39, 0.29) is 0 Å². The van der Waals surface area contributed by atoms with Gasteiger partial charge in [0.1, 0.15) is 0 Å². The second-order valence-electron chi connectivity index (χ2n) is 4.67. The van der Waals surface area contributed by atoms with Crippen molar-refractivity contribution >= 4 is 5.78 Å². The number of carbonyl (C=O) groups excluding carboxylic acids is 1. The Balaban J connectivity index is 1.95. The summed E-state index contributed by atoms with van der Waals surface area (Å²) in [5.41, 5.74) is 0.938. The lowest BCUT2D eigenvalue weighted by atomic mass is 9.89. The largest absolute Gasteiger partial charge is 0.501 e. The Morgan fingerprint density at radius 1 is 1.13 bits per heavy atom. The van der Waals surface area contributed by atoms with Crippen molar-refractivity contribution in [3.63, 3.8) is 0 Å². The third kappa shape index (κ3) is 2.83. The zero-order chi connectivity index (χ0) is 10.5. The first kappa shape index (κ1) is 10.7. The average Bonchev–Trinajstić information content (AvgIpc) is 2.58. The van der Waals surface area contributed by atoms with Crippen molar-refractivity contribution in [2.24, 2.45) is 5.92 Å². The van der Waals surface area contributed by atoms with Gasteiger partial charge in [0, 0.05) is 11.5 Å². The molecule has 1 heterocycles. The fraction of sp³-hybridized carbons (Fsp3) is 0.769. The fourth-order valence-corrected chi connectivity index (χ4v) is 2.55. The SMILES string of the molecule is O=C(C1=COCCC1)C1CCCCCC1. The summed E-state index contributed by atoms with van der Waals surface area (Å²) >= 11 is 0. The molecule has 1 fully saturated rings. The molecule has 2 heteroatoms. The number of hydrogen-bond donors (Lipinski definition) is 0. The normalized spacial score (nSPS) is 23.9. The summed E-state index contributed by atoms with van der Waals surface area (Å²) in [6.45, 7) is 0.779. The first-order valence-electron chi connectivity index (χ1n) is 6.23. The first-order valence-corrected chi connectivity index (χ1v) is 6.23. The van der Waals surface area contributed by atoms with E-state index < -0.39 is 0 Å². The highest BCUT2D eigenvalue weighted by Gasteiger charge is 2.24. The van der Waals surface area contributed by atoms with Crippen LogP contribution in [0.25, 0.3) is 0 Å². The summed E-state index contributed by atoms with van der Waals surface area (Å²) in [4.78, 5) is 12.2. The van der Waals surface area contributed by atoms with Crippen LogP contribution in [0.4, 0.5) is 0 Å². The number of carbonyl (C=O) groups is 1. The smallest absolute Gasteiger partial charge is 0.164 e. The van der Waals surface area contributed by atoms with E-state index in [0.29, 0.717) is 11.7 Å². The van der Waals surface area contributed by atoms with E-state index in [4.69, 9.17) is 4.74 Å². The molecule has 0 spiro atoms. The van der Waals surface area contributed by atoms with Crippen LogP contribution in [-0.4, -0.2) is 12.4 Å². The molecular weight excluding hydrogens is 188 g/mol. The van der Waals surface area contributed by atoms with E-state index in [9.17, 15) is 4.79 Å². The lowest BCUT2D eigenvalue weighted by Gasteiger charge is -2.18. The van der Waals surface area contributed by atoms with Crippen LogP contribution in [0.15, 0.2) is 11.8 Å². The molecule has 2 nitrogen and oxygen atoms in total. The average molecular weight is 208 g/mol. The van der Waals surface area contributed by atoms with Crippen LogP contribution in [-0.2, 0) is 9.53 Å². The Bertz CT molecular complexity index is 247. The first-order chi connectivity index (χ1) is 7.38. The zero-order valence-electron chi connectivity index (χ0n) is 9.34. The third-order valence-electron chi connectivity index (χ3n) is 3.48. The van der Waals surface area contributed by atoms with Crippen LogP contribution in [0.1, 0.15) is 51.4 Å². The van der Waals surface area contributed by atoms with Crippen LogP contribution >= 0.6 is 0 Å². The lowest BCUT2D eigenvalue weighted by molar-refractivity contribution is -0.120. The predicted octanol–water partition coefficient (Wildman–Crippen LogP) is 3.22. The molecule has 2 rings (SSSR count). The van der Waals surface area contributed by atoms with Gasteiger partial charge in [-0.3, -0.25) is 4.79 Å². The molecule has 0 bridgehead atoms. The highest BCUT2D eigenvalue weighted by molar-refractivity contribution is 5.96. The number of Topliss-reactive ketones (excluding diaryl/α,β-unsaturated/α-hetero) is 1. The van der Waals surface area contributed by atoms with Crippen molar-refractivity contribution in [1.29, 1.82) is 0 Å². The molecule has 0 saturated heterocycles. The molecule has 0 aromatic carbocycles. The Hall–Kier alpha value is -0.790. The van der Waals surface area contributed by atoms with Gasteiger partial charge in [0.25, 0.3) is 0 Å². The summed E-state index contributed by atoms with van der Waals surface area (Å²) in [5.74, 6) is 0.664. The minimum Gasteiger partial charge on any atom is -0.501 e. The minimum absolute atomic E-state index is 0.292. The van der Waals surface area contributed by atoms with Crippen molar-refractivity contribution in [3.8, 4) is 0 Å². The molecule has 1 aliphatic carbocycles. The lowest BCUT2D eigenvalue weighted by Crippen LogP contribution is -2.18. The van der Waals surface area contributed by atoms with Gasteiger partial charge in [-0.2, -0.15) is 0 Å². The predicted molar refractivity (Wildman–Crippen MR) is 59.5 cm³/mol. The van der Waals surface area contributed by atoms with Crippen LogP contribution < -0.4 is 0 Å². The molecule has 0 radical (unpaired) electrons. The molecule has 0 amide bonds. The summed E-state index contributed by atoms with van der Waals surface area (Å²) in [6, 6.07) is 0. The molecule has 0 unspecified atom stereocenters. The number of allylic oxidation sites excluding steroid dienone is 1. The molecule has 0 aromatic rings. The molecule has 1 saturated carbocycles. The highest BCUT2D eigenvalue weighted by Crippen LogP contribution is 2.27. The summed E-state index contributed by atoms with van der Waals surface area (Å²) in [7, 11) is 0. The van der Waals surface area contributed by atoms with Gasteiger partial charge in [0.05, 0.1) is 12.9 Å². The van der Waals surface area contributed by atoms with Crippen molar-refractivity contribution in [1.82, 2.24) is 0 Å². The maximum absolute atomic E-state index is 12.2. The second-order valence-corrected chi connectivity index (χ2v) is 4.67. The summed E-state index contributed by atoms with van der Waals surface area (Å²) in [5, 5.41) is 0. The number of ketones is 1. The molecule has 84 valence electrons. The van der Waals surface area contributed by atoms with E-state index in [1.165, 1.54) is 25.7 Å². The fourth-order valence-electron chi connectivity index (χ4n) is 2.55. The monoisotopic (exact) mass is 208 g/mol. The van der Waals surface area contributed by atoms with Gasteiger partial charge in [-0.25, -0.2) is 0 Å². The third-order valence-corrected chi connectivity index (χ3v) is 3.48. The van der Waals surface area contributed by atoms with Gasteiger partial charge in [-0.1, -0.05) is 25.7 Å². The van der Waals surface area contributed by atoms with Crippen molar-refractivity contribution in [2.45, 2.75) is 51.4 Å². The number of hydrogen-bond acceptors (Lipinski definition) is 2. The molecule has 0 atom stereocenters. The van der Waals surface area contributed by atoms with Gasteiger partial charge in [-0.05, 0) is 25.7 Å². The molecule has 2 aliphatic rings. The summed E-state index contributed by atoms with van der Waals surface area (Å²) in [6.07, 6.45) is 10.9. The van der Waals surface area contributed by atoms with Crippen molar-refractivity contribution in [3.05, 3.63) is 11.8 Å². The van der Waals surface area contributed by atoms with Crippen molar-refractivity contribution in [2.75, 3.05) is 6.61 Å². The van der Waals surface area contributed by atoms with E-state index in [1.807, 2.05) is 0 Å². The summed E-state index contributed by atoms with van der Waals surface area (Å²) < 4.78 is 5.24. The minimum atomic E-state index is 0.292. The Labute approximate surface area is 91.7 Å². The Morgan fingerprint density at radius 3 is 2.47 bits per heavy atom. The van der Waals surface area contributed by atoms with E-state index >= 15 is 0 Å². The Morgan fingerprint density at radius 2 is 1.87 bits per heavy atom. The molecule has 0 aromatic heterocycles. The molecular formula is C13H20O2. The zero-order valence-corrected chi connectivity index (χ0v) is 9.34. The quantitative estimate of drug-likeness (QED) is 0.651. The standard InChI is InChI=1S/C13H20O2/c14-13(12-8-5-9-15-10-12)11-6-3-1-2-4-7-11/h10-11H,1-9H2. The van der Waals surface area contributed by atoms with Crippen LogP contribution in [0.3, 0.4) is 0 Å². The molecule has 1 aliphatic heterocycles. The molecule has 15 heavy (non-hydrogen) atoms. The van der Waals surface area contributed by atoms with Gasteiger partial charge in [0.2, 0.25) is 0 Å². The topological polar surface area (TPSA) is 26.3 Å². The number of ether oxygens (including phenoxy) is 1. The van der Waals surface area contributed by atoms with E-state index in [2.05, 4.69) is 0 Å². The maximum atomic E-state index is 12.2. The molecule has 0 N–H and O–H groups in total. The number of rotatable bonds is 2. The van der Waals surface area contributed by atoms with Gasteiger partial charge >= 0.3 is 0 Å². The maximum Gasteiger partial charge on any atom is 0.164 e. The highest BCUT2D eigenvalue weighted by atomic mass is 16.5. The Kier molecular flexibility index (Phi) is 3.81. The van der Waals surface area contributed by atoms with Crippen LogP contribution in [0, 0.1) is 5.92 Å². The van der Waals surface area contributed by atoms with Crippen LogP contribution in [0.5, 0.6) is 0 Å². The van der Waals surface area contributed by atoms with E-state index in [1.54, 1.807) is 6.26 Å². The van der Waals surface area contributed by atoms with Crippen LogP contribution in [0.2, 0.25) is 0 Å². The van der Waals surface area contributed by atoms with Gasteiger partial charge in [0.15, 0.2) is 5.78 Å². The van der Waals surface area contributed by atoms with Gasteiger partial charge < -0.3 is 4.74 Å². The second kappa shape index (κ2) is 5.34. The van der Waals surface area contributed by atoms with Gasteiger partial charge in [-0.15, -0.1) is 0 Å². The van der Waals surface area contributed by atoms with E-state index in [0.717, 1.165) is 37.9 Å². The van der Waals surface area contributed by atoms with Crippen molar-refractivity contribution < 1.29 is 9.53 Å².